The number of aliphatic carboxylic acids is 1. The topological polar surface area (TPSA) is 66.4 Å². The van der Waals surface area contributed by atoms with Crippen LogP contribution in [0.25, 0.3) is 12.2 Å². The van der Waals surface area contributed by atoms with Gasteiger partial charge < -0.3 is 14.6 Å². The molecular formula is C19H15O4-. The van der Waals surface area contributed by atoms with Crippen LogP contribution in [0.4, 0.5) is 0 Å². The molecule has 4 nitrogen and oxygen atoms in total. The zero-order chi connectivity index (χ0) is 16.7. The standard InChI is InChI=1S/C19H16O4/c1-23-19(22)17(13-15-10-6-3-7-11-15)16(18(20)21)12-14-8-4-2-5-9-14/h2-13H,1H3,(H,20,21)/p-1/b16-12-,17-13?. The first kappa shape index (κ1) is 16.2. The van der Waals surface area contributed by atoms with Crippen LogP contribution in [-0.2, 0) is 14.3 Å². The highest BCUT2D eigenvalue weighted by molar-refractivity contribution is 6.11. The van der Waals surface area contributed by atoms with E-state index in [1.54, 1.807) is 48.5 Å². The van der Waals surface area contributed by atoms with E-state index in [2.05, 4.69) is 0 Å². The molecule has 2 rings (SSSR count). The third-order valence-electron chi connectivity index (χ3n) is 3.14. The Morgan fingerprint density at radius 3 is 1.65 bits per heavy atom. The highest BCUT2D eigenvalue weighted by atomic mass is 16.5. The molecule has 0 aliphatic rings. The second kappa shape index (κ2) is 7.75. The summed E-state index contributed by atoms with van der Waals surface area (Å²) >= 11 is 0. The number of esters is 1. The Morgan fingerprint density at radius 1 is 0.826 bits per heavy atom. The van der Waals surface area contributed by atoms with Crippen molar-refractivity contribution < 1.29 is 19.4 Å². The highest BCUT2D eigenvalue weighted by Gasteiger charge is 2.16. The van der Waals surface area contributed by atoms with Crippen molar-refractivity contribution in [2.24, 2.45) is 0 Å². The van der Waals surface area contributed by atoms with E-state index >= 15 is 0 Å². The maximum Gasteiger partial charge on any atom is 0.338 e. The molecule has 0 bridgehead atoms. The Hall–Kier alpha value is -3.14. The van der Waals surface area contributed by atoms with E-state index in [1.807, 2.05) is 12.1 Å². The first-order chi connectivity index (χ1) is 11.1. The summed E-state index contributed by atoms with van der Waals surface area (Å²) in [6.45, 7) is 0. The minimum absolute atomic E-state index is 0.0671. The molecule has 0 unspecified atom stereocenters. The molecule has 0 radical (unpaired) electrons. The number of hydrogen-bond donors (Lipinski definition) is 0. The maximum absolute atomic E-state index is 12.0. The number of ether oxygens (including phenoxy) is 1. The smallest absolute Gasteiger partial charge is 0.338 e. The molecule has 2 aromatic rings. The van der Waals surface area contributed by atoms with E-state index in [-0.39, 0.29) is 11.1 Å². The van der Waals surface area contributed by atoms with Crippen LogP contribution in [0.2, 0.25) is 0 Å². The summed E-state index contributed by atoms with van der Waals surface area (Å²) in [6, 6.07) is 17.8. The van der Waals surface area contributed by atoms with Crippen molar-refractivity contribution in [1.82, 2.24) is 0 Å². The zero-order valence-corrected chi connectivity index (χ0v) is 12.6. The van der Waals surface area contributed by atoms with Crippen LogP contribution in [-0.4, -0.2) is 19.0 Å². The van der Waals surface area contributed by atoms with E-state index in [9.17, 15) is 14.7 Å². The van der Waals surface area contributed by atoms with Crippen LogP contribution in [0.5, 0.6) is 0 Å². The van der Waals surface area contributed by atoms with Gasteiger partial charge in [0.2, 0.25) is 0 Å². The molecule has 0 saturated carbocycles. The van der Waals surface area contributed by atoms with Gasteiger partial charge in [0.1, 0.15) is 0 Å². The highest BCUT2D eigenvalue weighted by Crippen LogP contribution is 2.19. The first-order valence-electron chi connectivity index (χ1n) is 6.95. The predicted molar refractivity (Wildman–Crippen MR) is 85.9 cm³/mol. The lowest BCUT2D eigenvalue weighted by atomic mass is 10.0. The maximum atomic E-state index is 12.0. The van der Waals surface area contributed by atoms with Gasteiger partial charge in [0.25, 0.3) is 0 Å². The fourth-order valence-electron chi connectivity index (χ4n) is 2.04. The van der Waals surface area contributed by atoms with Crippen LogP contribution in [0, 0.1) is 0 Å². The molecule has 0 aliphatic heterocycles. The number of benzene rings is 2. The molecule has 0 N–H and O–H groups in total. The Labute approximate surface area is 134 Å². The lowest BCUT2D eigenvalue weighted by molar-refractivity contribution is -0.298. The molecule has 2 aromatic carbocycles. The summed E-state index contributed by atoms with van der Waals surface area (Å²) < 4.78 is 4.71. The van der Waals surface area contributed by atoms with E-state index in [0.717, 1.165) is 0 Å². The largest absolute Gasteiger partial charge is 0.545 e. The first-order valence-corrected chi connectivity index (χ1v) is 6.95. The van der Waals surface area contributed by atoms with Crippen molar-refractivity contribution in [2.75, 3.05) is 7.11 Å². The molecular weight excluding hydrogens is 292 g/mol. The number of methoxy groups -OCH3 is 1. The molecule has 0 atom stereocenters. The lowest BCUT2D eigenvalue weighted by Gasteiger charge is -2.12. The average Bonchev–Trinajstić information content (AvgIpc) is 2.59. The van der Waals surface area contributed by atoms with Gasteiger partial charge in [-0.1, -0.05) is 60.7 Å². The third-order valence-corrected chi connectivity index (χ3v) is 3.14. The fraction of sp³-hybridized carbons (Fsp3) is 0.0526. The van der Waals surface area contributed by atoms with Crippen LogP contribution in [0.3, 0.4) is 0 Å². The van der Waals surface area contributed by atoms with Crippen LogP contribution >= 0.6 is 0 Å². The van der Waals surface area contributed by atoms with Crippen molar-refractivity contribution >= 4 is 24.1 Å². The number of hydrogen-bond acceptors (Lipinski definition) is 4. The number of carbonyl (C=O) groups excluding carboxylic acids is 2. The average molecular weight is 307 g/mol. The Balaban J connectivity index is 2.55. The van der Waals surface area contributed by atoms with Gasteiger partial charge in [-0.2, -0.15) is 0 Å². The molecule has 23 heavy (non-hydrogen) atoms. The number of carboxylic acid groups (broad SMARTS) is 1. The molecule has 0 aromatic heterocycles. The van der Waals surface area contributed by atoms with Crippen molar-refractivity contribution in [3.8, 4) is 0 Å². The van der Waals surface area contributed by atoms with Crippen molar-refractivity contribution in [3.05, 3.63) is 82.9 Å². The molecule has 0 spiro atoms. The van der Waals surface area contributed by atoms with Gasteiger partial charge in [0, 0.05) is 5.57 Å². The predicted octanol–water partition coefficient (Wildman–Crippen LogP) is 2.08. The second-order valence-corrected chi connectivity index (χ2v) is 4.72. The normalized spacial score (nSPS) is 11.9. The minimum Gasteiger partial charge on any atom is -0.545 e. The van der Waals surface area contributed by atoms with Crippen LogP contribution in [0.1, 0.15) is 11.1 Å². The number of rotatable bonds is 5. The fourth-order valence-corrected chi connectivity index (χ4v) is 2.04. The molecule has 0 fully saturated rings. The summed E-state index contributed by atoms with van der Waals surface area (Å²) in [7, 11) is 1.20. The molecule has 116 valence electrons. The molecule has 4 heteroatoms. The zero-order valence-electron chi connectivity index (χ0n) is 12.6. The van der Waals surface area contributed by atoms with E-state index in [4.69, 9.17) is 4.74 Å². The Bertz CT molecular complexity index is 743. The van der Waals surface area contributed by atoms with E-state index < -0.39 is 11.9 Å². The van der Waals surface area contributed by atoms with Gasteiger partial charge in [-0.25, -0.2) is 4.79 Å². The van der Waals surface area contributed by atoms with Gasteiger partial charge in [-0.15, -0.1) is 0 Å². The lowest BCUT2D eigenvalue weighted by Crippen LogP contribution is -2.27. The van der Waals surface area contributed by atoms with Gasteiger partial charge in [0.15, 0.2) is 0 Å². The Kier molecular flexibility index (Phi) is 5.47. The summed E-state index contributed by atoms with van der Waals surface area (Å²) in [6.07, 6.45) is 2.86. The van der Waals surface area contributed by atoms with Crippen molar-refractivity contribution in [2.45, 2.75) is 0 Å². The third kappa shape index (κ3) is 4.41. The molecule has 0 heterocycles. The van der Waals surface area contributed by atoms with Gasteiger partial charge >= 0.3 is 5.97 Å². The van der Waals surface area contributed by atoms with E-state index in [1.165, 1.54) is 19.3 Å². The molecule has 0 amide bonds. The Morgan fingerprint density at radius 2 is 1.26 bits per heavy atom. The van der Waals surface area contributed by atoms with Crippen LogP contribution in [0.15, 0.2) is 71.8 Å². The monoisotopic (exact) mass is 307 g/mol. The summed E-state index contributed by atoms with van der Waals surface area (Å²) in [5, 5.41) is 11.5. The van der Waals surface area contributed by atoms with Gasteiger partial charge in [-0.3, -0.25) is 0 Å². The summed E-state index contributed by atoms with van der Waals surface area (Å²) in [5.74, 6) is -2.18. The number of carboxylic acids is 1. The van der Waals surface area contributed by atoms with Gasteiger partial charge in [0.05, 0.1) is 18.7 Å². The SMILES string of the molecule is COC(=O)C(=Cc1ccccc1)/C(=C/c1ccccc1)C(=O)[O-]. The van der Waals surface area contributed by atoms with Gasteiger partial charge in [-0.05, 0) is 23.3 Å². The number of carbonyl (C=O) groups is 2. The minimum atomic E-state index is -1.44. The van der Waals surface area contributed by atoms with Crippen molar-refractivity contribution in [3.63, 3.8) is 0 Å². The summed E-state index contributed by atoms with van der Waals surface area (Å²) in [5.41, 5.74) is 1.04. The second-order valence-electron chi connectivity index (χ2n) is 4.72. The van der Waals surface area contributed by atoms with Crippen LogP contribution < -0.4 is 5.11 Å². The van der Waals surface area contributed by atoms with Crippen molar-refractivity contribution in [1.29, 1.82) is 0 Å². The quantitative estimate of drug-likeness (QED) is 0.482. The molecule has 0 saturated heterocycles. The molecule has 0 aliphatic carbocycles. The summed E-state index contributed by atoms with van der Waals surface area (Å²) in [4.78, 5) is 23.6. The van der Waals surface area contributed by atoms with E-state index in [0.29, 0.717) is 11.1 Å².